The number of rotatable bonds is 6. The molecule has 0 unspecified atom stereocenters. The highest BCUT2D eigenvalue weighted by molar-refractivity contribution is 5.96. The largest absolute Gasteiger partial charge is 0.380 e. The monoisotopic (exact) mass is 433 g/mol. The van der Waals surface area contributed by atoms with Crippen molar-refractivity contribution in [1.29, 1.82) is 0 Å². The molecule has 0 radical (unpaired) electrons. The van der Waals surface area contributed by atoms with Gasteiger partial charge < -0.3 is 26.8 Å². The van der Waals surface area contributed by atoms with E-state index in [1.54, 1.807) is 19.1 Å². The molecule has 13 heteroatoms. The highest BCUT2D eigenvalue weighted by Gasteiger charge is 2.24. The molecule has 3 heterocycles. The van der Waals surface area contributed by atoms with E-state index < -0.39 is 12.5 Å². The van der Waals surface area contributed by atoms with Gasteiger partial charge in [0.25, 0.3) is 5.91 Å². The number of nitrogens with one attached hydrogen (secondary N) is 2. The summed E-state index contributed by atoms with van der Waals surface area (Å²) in [7, 11) is 0. The summed E-state index contributed by atoms with van der Waals surface area (Å²) in [5, 5.41) is 18.3. The van der Waals surface area contributed by atoms with Crippen LogP contribution < -0.4 is 22.1 Å². The molecule has 1 aliphatic heterocycles. The molecule has 11 nitrogen and oxygen atoms in total. The number of anilines is 3. The van der Waals surface area contributed by atoms with E-state index in [1.807, 2.05) is 0 Å². The summed E-state index contributed by atoms with van der Waals surface area (Å²) < 4.78 is 31.9. The van der Waals surface area contributed by atoms with Crippen LogP contribution in [0.1, 0.15) is 29.0 Å². The van der Waals surface area contributed by atoms with Crippen LogP contribution in [-0.2, 0) is 4.74 Å². The Morgan fingerprint density at radius 2 is 2.16 bits per heavy atom. The lowest BCUT2D eigenvalue weighted by atomic mass is 10.1. The highest BCUT2D eigenvalue weighted by atomic mass is 19.3. The number of nitrogens with two attached hydrogens (primary N) is 2. The second-order valence-corrected chi connectivity index (χ2v) is 7.21. The standard InChI is InChI=1S/C18H21F2N9O2/c1-8-4-9(5-13-10(8)6-29(28-13)17(19)20)23-16-14(15(22)30)26-27-18(25-16)24-12-2-3-31-7-11(12)21/h4-6,11-12,17H,2-3,7,21H2,1H3,(H2,22,30)(H2,23,24,25,27)/t11-,12+/m0/s1. The number of carbonyl (C=O) groups is 1. The van der Waals surface area contributed by atoms with E-state index in [4.69, 9.17) is 16.2 Å². The number of fused-ring (bicyclic) bond motifs is 1. The van der Waals surface area contributed by atoms with Gasteiger partial charge in [-0.05, 0) is 31.0 Å². The fraction of sp³-hybridized carbons (Fsp3) is 0.389. The molecular formula is C18H21F2N9O2. The summed E-state index contributed by atoms with van der Waals surface area (Å²) in [6.45, 7) is -0.0352. The summed E-state index contributed by atoms with van der Waals surface area (Å²) >= 11 is 0. The summed E-state index contributed by atoms with van der Waals surface area (Å²) in [6, 6.07) is 2.91. The van der Waals surface area contributed by atoms with Crippen molar-refractivity contribution >= 4 is 34.3 Å². The Hall–Kier alpha value is -3.45. The van der Waals surface area contributed by atoms with Gasteiger partial charge in [0.15, 0.2) is 11.5 Å². The lowest BCUT2D eigenvalue weighted by Crippen LogP contribution is -2.48. The molecule has 0 spiro atoms. The molecule has 164 valence electrons. The van der Waals surface area contributed by atoms with Gasteiger partial charge in [0.1, 0.15) is 0 Å². The Morgan fingerprint density at radius 1 is 1.35 bits per heavy atom. The van der Waals surface area contributed by atoms with E-state index in [1.165, 1.54) is 6.20 Å². The predicted octanol–water partition coefficient (Wildman–Crippen LogP) is 1.30. The van der Waals surface area contributed by atoms with Gasteiger partial charge in [0.05, 0.1) is 12.1 Å². The normalized spacial score (nSPS) is 19.0. The van der Waals surface area contributed by atoms with E-state index in [-0.39, 0.29) is 29.5 Å². The first kappa shape index (κ1) is 20.8. The molecule has 1 amide bonds. The van der Waals surface area contributed by atoms with Crippen LogP contribution in [0.2, 0.25) is 0 Å². The average Bonchev–Trinajstić information content (AvgIpc) is 3.15. The van der Waals surface area contributed by atoms with Crippen LogP contribution in [0.15, 0.2) is 18.3 Å². The molecule has 6 N–H and O–H groups in total. The van der Waals surface area contributed by atoms with Crippen molar-refractivity contribution < 1.29 is 18.3 Å². The van der Waals surface area contributed by atoms with Crippen LogP contribution in [-0.4, -0.2) is 56.2 Å². The second-order valence-electron chi connectivity index (χ2n) is 7.21. The molecule has 1 saturated heterocycles. The average molecular weight is 433 g/mol. The highest BCUT2D eigenvalue weighted by Crippen LogP contribution is 2.27. The molecule has 0 saturated carbocycles. The van der Waals surface area contributed by atoms with Gasteiger partial charge in [0, 0.05) is 36.0 Å². The molecule has 1 aromatic carbocycles. The minimum absolute atomic E-state index is 0.0673. The minimum Gasteiger partial charge on any atom is -0.380 e. The van der Waals surface area contributed by atoms with E-state index in [0.29, 0.717) is 46.5 Å². The SMILES string of the molecule is Cc1cc(Nc2nc(N[C@@H]3CCOC[C@@H]3N)nnc2C(N)=O)cc2nn(C(F)F)cc12. The molecular weight excluding hydrogens is 412 g/mol. The zero-order valence-corrected chi connectivity index (χ0v) is 16.5. The number of benzene rings is 1. The Labute approximate surface area is 175 Å². The van der Waals surface area contributed by atoms with Gasteiger partial charge in [-0.15, -0.1) is 10.2 Å². The lowest BCUT2D eigenvalue weighted by molar-refractivity contribution is 0.0573. The fourth-order valence-corrected chi connectivity index (χ4v) is 3.37. The van der Waals surface area contributed by atoms with Gasteiger partial charge in [-0.25, -0.2) is 4.68 Å². The summed E-state index contributed by atoms with van der Waals surface area (Å²) in [5.74, 6) is -0.594. The number of nitrogens with zero attached hydrogens (tertiary/aromatic N) is 5. The maximum Gasteiger partial charge on any atom is 0.333 e. The van der Waals surface area contributed by atoms with Crippen LogP contribution in [0.4, 0.5) is 26.2 Å². The number of alkyl halides is 2. The van der Waals surface area contributed by atoms with Gasteiger partial charge in [-0.1, -0.05) is 0 Å². The van der Waals surface area contributed by atoms with Crippen LogP contribution >= 0.6 is 0 Å². The van der Waals surface area contributed by atoms with Crippen molar-refractivity contribution in [3.63, 3.8) is 0 Å². The molecule has 0 bridgehead atoms. The zero-order valence-electron chi connectivity index (χ0n) is 16.5. The molecule has 3 aromatic rings. The first-order valence-electron chi connectivity index (χ1n) is 9.51. The maximum atomic E-state index is 13.0. The molecule has 1 fully saturated rings. The van der Waals surface area contributed by atoms with E-state index in [9.17, 15) is 13.6 Å². The Kier molecular flexibility index (Phi) is 5.61. The molecule has 2 atom stereocenters. The summed E-state index contributed by atoms with van der Waals surface area (Å²) in [4.78, 5) is 16.1. The minimum atomic E-state index is -2.75. The summed E-state index contributed by atoms with van der Waals surface area (Å²) in [6.07, 6.45) is 1.94. The quantitative estimate of drug-likeness (QED) is 0.449. The van der Waals surface area contributed by atoms with Crippen molar-refractivity contribution in [3.8, 4) is 0 Å². The number of hydrogen-bond donors (Lipinski definition) is 4. The van der Waals surface area contributed by atoms with Gasteiger partial charge in [-0.3, -0.25) is 4.79 Å². The number of halogens is 2. The van der Waals surface area contributed by atoms with E-state index in [0.717, 1.165) is 0 Å². The third-order valence-electron chi connectivity index (χ3n) is 4.95. The molecule has 2 aromatic heterocycles. The Morgan fingerprint density at radius 3 is 2.87 bits per heavy atom. The number of amides is 1. The first-order valence-corrected chi connectivity index (χ1v) is 9.51. The number of hydrogen-bond acceptors (Lipinski definition) is 9. The van der Waals surface area contributed by atoms with Gasteiger partial charge in [-0.2, -0.15) is 18.9 Å². The fourth-order valence-electron chi connectivity index (χ4n) is 3.37. The van der Waals surface area contributed by atoms with Crippen molar-refractivity contribution in [1.82, 2.24) is 25.0 Å². The van der Waals surface area contributed by atoms with Crippen molar-refractivity contribution in [2.24, 2.45) is 11.5 Å². The van der Waals surface area contributed by atoms with Crippen LogP contribution in [0.5, 0.6) is 0 Å². The predicted molar refractivity (Wildman–Crippen MR) is 108 cm³/mol. The molecule has 31 heavy (non-hydrogen) atoms. The third kappa shape index (κ3) is 4.36. The Balaban J connectivity index is 1.65. The maximum absolute atomic E-state index is 13.0. The van der Waals surface area contributed by atoms with Crippen molar-refractivity contribution in [3.05, 3.63) is 29.6 Å². The number of aromatic nitrogens is 5. The zero-order chi connectivity index (χ0) is 22.1. The first-order chi connectivity index (χ1) is 14.8. The van der Waals surface area contributed by atoms with E-state index in [2.05, 4.69) is 30.9 Å². The van der Waals surface area contributed by atoms with Crippen LogP contribution in [0.25, 0.3) is 10.9 Å². The topological polar surface area (TPSA) is 159 Å². The number of carbonyl (C=O) groups excluding carboxylic acids is 1. The van der Waals surface area contributed by atoms with Gasteiger partial charge >= 0.3 is 6.55 Å². The smallest absolute Gasteiger partial charge is 0.333 e. The third-order valence-corrected chi connectivity index (χ3v) is 4.95. The van der Waals surface area contributed by atoms with Crippen LogP contribution in [0.3, 0.4) is 0 Å². The van der Waals surface area contributed by atoms with Crippen LogP contribution in [0, 0.1) is 6.92 Å². The molecule has 1 aliphatic rings. The Bertz CT molecular complexity index is 1120. The van der Waals surface area contributed by atoms with Crippen molar-refractivity contribution in [2.45, 2.75) is 32.0 Å². The molecule has 4 rings (SSSR count). The number of ether oxygens (including phenoxy) is 1. The summed E-state index contributed by atoms with van der Waals surface area (Å²) in [5.41, 5.74) is 12.8. The molecule has 0 aliphatic carbocycles. The number of primary amides is 1. The van der Waals surface area contributed by atoms with Gasteiger partial charge in [0.2, 0.25) is 5.95 Å². The van der Waals surface area contributed by atoms with E-state index >= 15 is 0 Å². The number of aryl methyl sites for hydroxylation is 1. The lowest BCUT2D eigenvalue weighted by Gasteiger charge is -2.29. The van der Waals surface area contributed by atoms with Crippen molar-refractivity contribution in [2.75, 3.05) is 23.8 Å². The second kappa shape index (κ2) is 8.35.